The number of nitrogens with one attached hydrogen (secondary N) is 1. The molecule has 0 fully saturated rings. The van der Waals surface area contributed by atoms with Crippen molar-refractivity contribution in [2.75, 3.05) is 18.2 Å². The van der Waals surface area contributed by atoms with Crippen LogP contribution in [0.3, 0.4) is 0 Å². The maximum atomic E-state index is 12.1. The summed E-state index contributed by atoms with van der Waals surface area (Å²) in [5, 5.41) is 2.68. The molecule has 0 aliphatic heterocycles. The third-order valence-electron chi connectivity index (χ3n) is 2.60. The van der Waals surface area contributed by atoms with E-state index in [1.165, 1.54) is 13.3 Å². The molecule has 98 valence electrons. The first-order chi connectivity index (χ1) is 9.11. The number of nitrogens with two attached hydrogens (primary N) is 1. The number of nitrogen functional groups attached to an aromatic ring is 1. The maximum absolute atomic E-state index is 12.1. The van der Waals surface area contributed by atoms with E-state index in [-0.39, 0.29) is 11.8 Å². The van der Waals surface area contributed by atoms with Gasteiger partial charge < -0.3 is 15.8 Å². The molecular weight excluding hydrogens is 244 g/mol. The van der Waals surface area contributed by atoms with Crippen LogP contribution in [0.5, 0.6) is 5.88 Å². The number of pyridine rings is 2. The molecule has 0 unspecified atom stereocenters. The second-order valence-electron chi connectivity index (χ2n) is 3.94. The molecule has 0 saturated carbocycles. The van der Waals surface area contributed by atoms with Gasteiger partial charge in [0.1, 0.15) is 11.4 Å². The van der Waals surface area contributed by atoms with E-state index in [0.717, 1.165) is 5.56 Å². The predicted octanol–water partition coefficient (Wildman–Crippen LogP) is 1.63. The molecule has 1 amide bonds. The van der Waals surface area contributed by atoms with Crippen molar-refractivity contribution < 1.29 is 9.53 Å². The van der Waals surface area contributed by atoms with Gasteiger partial charge in [-0.1, -0.05) is 0 Å². The lowest BCUT2D eigenvalue weighted by Crippen LogP contribution is -2.15. The highest BCUT2D eigenvalue weighted by Crippen LogP contribution is 2.17. The zero-order valence-electron chi connectivity index (χ0n) is 10.7. The number of methoxy groups -OCH3 is 1. The fourth-order valence-electron chi connectivity index (χ4n) is 1.54. The molecule has 0 bridgehead atoms. The summed E-state index contributed by atoms with van der Waals surface area (Å²) in [4.78, 5) is 20.1. The molecule has 2 aromatic rings. The SMILES string of the molecule is COc1ncccc1C(=O)Nc1cc(C)c(N)cn1. The average molecular weight is 258 g/mol. The fraction of sp³-hybridized carbons (Fsp3) is 0.154. The van der Waals surface area contributed by atoms with Crippen LogP contribution in [0, 0.1) is 6.92 Å². The highest BCUT2D eigenvalue weighted by Gasteiger charge is 2.13. The maximum Gasteiger partial charge on any atom is 0.262 e. The summed E-state index contributed by atoms with van der Waals surface area (Å²) in [6.07, 6.45) is 3.06. The number of carbonyl (C=O) groups excluding carboxylic acids is 1. The van der Waals surface area contributed by atoms with Gasteiger partial charge in [-0.3, -0.25) is 4.79 Å². The number of carbonyl (C=O) groups is 1. The molecule has 0 aromatic carbocycles. The average Bonchev–Trinajstić information content (AvgIpc) is 2.43. The normalized spacial score (nSPS) is 10.0. The lowest BCUT2D eigenvalue weighted by atomic mass is 10.2. The molecule has 0 saturated heterocycles. The third-order valence-corrected chi connectivity index (χ3v) is 2.60. The molecule has 0 atom stereocenters. The van der Waals surface area contributed by atoms with E-state index in [9.17, 15) is 4.79 Å². The van der Waals surface area contributed by atoms with Gasteiger partial charge in [0.2, 0.25) is 5.88 Å². The molecule has 0 aliphatic rings. The molecule has 6 heteroatoms. The summed E-state index contributed by atoms with van der Waals surface area (Å²) >= 11 is 0. The van der Waals surface area contributed by atoms with Crippen LogP contribution in [0.25, 0.3) is 0 Å². The number of nitrogens with zero attached hydrogens (tertiary/aromatic N) is 2. The Labute approximate surface area is 110 Å². The lowest BCUT2D eigenvalue weighted by Gasteiger charge is -2.08. The van der Waals surface area contributed by atoms with Gasteiger partial charge in [-0.15, -0.1) is 0 Å². The van der Waals surface area contributed by atoms with Gasteiger partial charge in [-0.05, 0) is 30.7 Å². The number of hydrogen-bond acceptors (Lipinski definition) is 5. The number of aryl methyl sites for hydroxylation is 1. The van der Waals surface area contributed by atoms with Gasteiger partial charge in [0.05, 0.1) is 19.0 Å². The van der Waals surface area contributed by atoms with E-state index >= 15 is 0 Å². The van der Waals surface area contributed by atoms with Crippen LogP contribution < -0.4 is 15.8 Å². The zero-order valence-corrected chi connectivity index (χ0v) is 10.7. The standard InChI is InChI=1S/C13H14N4O2/c1-8-6-11(16-7-10(8)14)17-12(18)9-4-3-5-15-13(9)19-2/h3-7H,14H2,1-2H3,(H,16,17,18). The molecule has 0 radical (unpaired) electrons. The molecule has 0 aliphatic carbocycles. The van der Waals surface area contributed by atoms with E-state index in [2.05, 4.69) is 15.3 Å². The van der Waals surface area contributed by atoms with Crippen molar-refractivity contribution in [3.05, 3.63) is 41.7 Å². The van der Waals surface area contributed by atoms with E-state index in [0.29, 0.717) is 17.1 Å². The number of anilines is 2. The molecule has 2 aromatic heterocycles. The first kappa shape index (κ1) is 12.8. The summed E-state index contributed by atoms with van der Waals surface area (Å²) in [6.45, 7) is 1.84. The van der Waals surface area contributed by atoms with Crippen molar-refractivity contribution in [1.29, 1.82) is 0 Å². The summed E-state index contributed by atoms with van der Waals surface area (Å²) in [5.41, 5.74) is 7.45. The van der Waals surface area contributed by atoms with Crippen molar-refractivity contribution in [2.45, 2.75) is 6.92 Å². The molecule has 3 N–H and O–H groups in total. The Morgan fingerprint density at radius 2 is 2.21 bits per heavy atom. The van der Waals surface area contributed by atoms with Gasteiger partial charge in [0, 0.05) is 6.20 Å². The molecule has 19 heavy (non-hydrogen) atoms. The van der Waals surface area contributed by atoms with Gasteiger partial charge in [0.25, 0.3) is 5.91 Å². The first-order valence-electron chi connectivity index (χ1n) is 5.64. The predicted molar refractivity (Wildman–Crippen MR) is 72.1 cm³/mol. The van der Waals surface area contributed by atoms with Gasteiger partial charge in [0.15, 0.2) is 0 Å². The number of aromatic nitrogens is 2. The summed E-state index contributed by atoms with van der Waals surface area (Å²) in [7, 11) is 1.46. The minimum Gasteiger partial charge on any atom is -0.480 e. The van der Waals surface area contributed by atoms with Gasteiger partial charge in [-0.25, -0.2) is 9.97 Å². The summed E-state index contributed by atoms with van der Waals surface area (Å²) in [5.74, 6) is 0.372. The van der Waals surface area contributed by atoms with Crippen LogP contribution in [-0.2, 0) is 0 Å². The first-order valence-corrected chi connectivity index (χ1v) is 5.64. The summed E-state index contributed by atoms with van der Waals surface area (Å²) < 4.78 is 5.03. The van der Waals surface area contributed by atoms with E-state index in [1.54, 1.807) is 24.4 Å². The Hall–Kier alpha value is -2.63. The zero-order chi connectivity index (χ0) is 13.8. The van der Waals surface area contributed by atoms with Crippen molar-refractivity contribution in [3.63, 3.8) is 0 Å². The topological polar surface area (TPSA) is 90.1 Å². The smallest absolute Gasteiger partial charge is 0.262 e. The van der Waals surface area contributed by atoms with E-state index in [4.69, 9.17) is 10.5 Å². The number of hydrogen-bond donors (Lipinski definition) is 2. The molecule has 2 rings (SSSR count). The van der Waals surface area contributed by atoms with Gasteiger partial charge >= 0.3 is 0 Å². The number of amides is 1. The molecular formula is C13H14N4O2. The number of rotatable bonds is 3. The molecule has 6 nitrogen and oxygen atoms in total. The highest BCUT2D eigenvalue weighted by molar-refractivity contribution is 6.05. The molecule has 2 heterocycles. The second-order valence-corrected chi connectivity index (χ2v) is 3.94. The van der Waals surface area contributed by atoms with Crippen LogP contribution in [0.15, 0.2) is 30.6 Å². The van der Waals surface area contributed by atoms with E-state index in [1.807, 2.05) is 6.92 Å². The van der Waals surface area contributed by atoms with E-state index < -0.39 is 0 Å². The Bertz CT molecular complexity index is 613. The monoisotopic (exact) mass is 258 g/mol. The Balaban J connectivity index is 2.23. The molecule has 0 spiro atoms. The Kier molecular flexibility index (Phi) is 3.61. The summed E-state index contributed by atoms with van der Waals surface area (Å²) in [6, 6.07) is 5.00. The van der Waals surface area contributed by atoms with Crippen LogP contribution in [0.1, 0.15) is 15.9 Å². The Morgan fingerprint density at radius 3 is 2.89 bits per heavy atom. The van der Waals surface area contributed by atoms with Crippen LogP contribution in [-0.4, -0.2) is 23.0 Å². The second kappa shape index (κ2) is 5.34. The van der Waals surface area contributed by atoms with Crippen LogP contribution in [0.2, 0.25) is 0 Å². The van der Waals surface area contributed by atoms with Crippen molar-refractivity contribution in [1.82, 2.24) is 9.97 Å². The largest absolute Gasteiger partial charge is 0.480 e. The highest BCUT2D eigenvalue weighted by atomic mass is 16.5. The third kappa shape index (κ3) is 2.79. The minimum absolute atomic E-state index is 0.271. The Morgan fingerprint density at radius 1 is 1.42 bits per heavy atom. The minimum atomic E-state index is -0.332. The van der Waals surface area contributed by atoms with Crippen molar-refractivity contribution >= 4 is 17.4 Å². The quantitative estimate of drug-likeness (QED) is 0.873. The lowest BCUT2D eigenvalue weighted by molar-refractivity contribution is 0.102. The van der Waals surface area contributed by atoms with Gasteiger partial charge in [-0.2, -0.15) is 0 Å². The fourth-order valence-corrected chi connectivity index (χ4v) is 1.54. The van der Waals surface area contributed by atoms with Crippen molar-refractivity contribution in [3.8, 4) is 5.88 Å². The number of ether oxygens (including phenoxy) is 1. The van der Waals surface area contributed by atoms with Crippen LogP contribution in [0.4, 0.5) is 11.5 Å². The van der Waals surface area contributed by atoms with Crippen LogP contribution >= 0.6 is 0 Å². The van der Waals surface area contributed by atoms with Crippen molar-refractivity contribution in [2.24, 2.45) is 0 Å².